The van der Waals surface area contributed by atoms with Gasteiger partial charge in [-0.2, -0.15) is 5.10 Å². The quantitative estimate of drug-likeness (QED) is 0.647. The number of aliphatic hydroxyl groups excluding tert-OH is 1. The molecule has 0 radical (unpaired) electrons. The molecule has 3 aromatic rings. The summed E-state index contributed by atoms with van der Waals surface area (Å²) < 4.78 is 16.0. The Labute approximate surface area is 175 Å². The number of piperidine rings is 1. The monoisotopic (exact) mass is 413 g/mol. The molecule has 4 nitrogen and oxygen atoms in total. The van der Waals surface area contributed by atoms with Crippen LogP contribution in [0.25, 0.3) is 5.69 Å². The van der Waals surface area contributed by atoms with E-state index in [0.717, 1.165) is 43.7 Å². The van der Waals surface area contributed by atoms with Gasteiger partial charge in [0, 0.05) is 30.3 Å². The predicted molar refractivity (Wildman–Crippen MR) is 113 cm³/mol. The van der Waals surface area contributed by atoms with E-state index in [1.54, 1.807) is 10.7 Å². The van der Waals surface area contributed by atoms with Gasteiger partial charge in [0.05, 0.1) is 23.5 Å². The molecule has 1 N–H and O–H groups in total. The topological polar surface area (TPSA) is 41.3 Å². The first-order valence-electron chi connectivity index (χ1n) is 9.94. The van der Waals surface area contributed by atoms with Crippen LogP contribution in [0.4, 0.5) is 4.39 Å². The molecule has 152 valence electrons. The molecule has 0 spiro atoms. The van der Waals surface area contributed by atoms with E-state index >= 15 is 0 Å². The highest BCUT2D eigenvalue weighted by molar-refractivity contribution is 6.32. The van der Waals surface area contributed by atoms with E-state index in [4.69, 9.17) is 11.6 Å². The van der Waals surface area contributed by atoms with Crippen LogP contribution in [-0.4, -0.2) is 39.5 Å². The molecule has 1 saturated heterocycles. The molecule has 0 saturated carbocycles. The number of likely N-dealkylation sites (tertiary alicyclic amines) is 1. The van der Waals surface area contributed by atoms with Gasteiger partial charge in [-0.15, -0.1) is 0 Å². The van der Waals surface area contributed by atoms with Crippen molar-refractivity contribution in [3.63, 3.8) is 0 Å². The molecule has 1 unspecified atom stereocenters. The zero-order valence-electron chi connectivity index (χ0n) is 16.3. The van der Waals surface area contributed by atoms with E-state index in [1.165, 1.54) is 6.07 Å². The molecule has 6 heteroatoms. The van der Waals surface area contributed by atoms with Gasteiger partial charge in [-0.3, -0.25) is 4.90 Å². The molecule has 1 aliphatic rings. The molecular formula is C23H25ClFN3O. The first-order valence-corrected chi connectivity index (χ1v) is 10.3. The van der Waals surface area contributed by atoms with Crippen LogP contribution in [0.1, 0.15) is 24.0 Å². The maximum absolute atomic E-state index is 14.2. The van der Waals surface area contributed by atoms with Crippen molar-refractivity contribution < 1.29 is 9.50 Å². The van der Waals surface area contributed by atoms with Crippen LogP contribution >= 0.6 is 11.6 Å². The van der Waals surface area contributed by atoms with Crippen LogP contribution in [0.5, 0.6) is 0 Å². The maximum Gasteiger partial charge on any atom is 0.126 e. The maximum atomic E-state index is 14.2. The number of benzene rings is 2. The lowest BCUT2D eigenvalue weighted by Crippen LogP contribution is -2.46. The van der Waals surface area contributed by atoms with E-state index in [2.05, 4.69) is 10.00 Å². The third-order valence-corrected chi connectivity index (χ3v) is 6.06. The summed E-state index contributed by atoms with van der Waals surface area (Å²) in [6, 6.07) is 14.5. The summed E-state index contributed by atoms with van der Waals surface area (Å²) in [5.41, 5.74) is 2.29. The number of hydrogen-bond donors (Lipinski definition) is 1. The van der Waals surface area contributed by atoms with Crippen molar-refractivity contribution >= 4 is 11.6 Å². The highest BCUT2D eigenvalue weighted by atomic mass is 35.5. The van der Waals surface area contributed by atoms with Crippen LogP contribution in [0, 0.1) is 11.2 Å². The Balaban J connectivity index is 1.47. The lowest BCUT2D eigenvalue weighted by molar-refractivity contribution is 0.0283. The van der Waals surface area contributed by atoms with Gasteiger partial charge < -0.3 is 5.11 Å². The zero-order chi connectivity index (χ0) is 20.3. The van der Waals surface area contributed by atoms with E-state index in [0.29, 0.717) is 17.0 Å². The van der Waals surface area contributed by atoms with Crippen LogP contribution in [-0.2, 0) is 13.0 Å². The normalized spacial score (nSPS) is 20.1. The third-order valence-electron chi connectivity index (χ3n) is 5.74. The number of hydrogen-bond acceptors (Lipinski definition) is 3. The molecule has 1 aliphatic heterocycles. The lowest BCUT2D eigenvalue weighted by Gasteiger charge is -2.42. The third kappa shape index (κ3) is 4.53. The Morgan fingerprint density at radius 1 is 1.14 bits per heavy atom. The van der Waals surface area contributed by atoms with Crippen LogP contribution in [0.3, 0.4) is 0 Å². The number of halogens is 2. The van der Waals surface area contributed by atoms with Crippen molar-refractivity contribution in [2.24, 2.45) is 5.41 Å². The highest BCUT2D eigenvalue weighted by Gasteiger charge is 2.35. The van der Waals surface area contributed by atoms with Crippen LogP contribution in [0.2, 0.25) is 5.02 Å². The van der Waals surface area contributed by atoms with Gasteiger partial charge in [0.2, 0.25) is 0 Å². The standard InChI is InChI=1S/C23H25ClFN3O/c24-20-7-2-4-9-22(20)28-15-18(13-26-28)14-27-11-5-10-23(16-27,17-29)12-19-6-1-3-8-21(19)25/h1-4,6-9,13,15,29H,5,10-12,14,16-17H2. The Kier molecular flexibility index (Phi) is 5.99. The second kappa shape index (κ2) is 8.66. The van der Waals surface area contributed by atoms with Gasteiger partial charge in [-0.05, 0) is 49.6 Å². The number of aliphatic hydroxyl groups is 1. The van der Waals surface area contributed by atoms with E-state index in [-0.39, 0.29) is 17.8 Å². The first-order chi connectivity index (χ1) is 14.1. The summed E-state index contributed by atoms with van der Waals surface area (Å²) in [4.78, 5) is 2.33. The minimum Gasteiger partial charge on any atom is -0.396 e. The largest absolute Gasteiger partial charge is 0.396 e. The summed E-state index contributed by atoms with van der Waals surface area (Å²) >= 11 is 6.28. The van der Waals surface area contributed by atoms with Gasteiger partial charge in [0.15, 0.2) is 0 Å². The van der Waals surface area contributed by atoms with Gasteiger partial charge in [0.25, 0.3) is 0 Å². The fraction of sp³-hybridized carbons (Fsp3) is 0.348. The number of para-hydroxylation sites is 1. The van der Waals surface area contributed by atoms with E-state index in [9.17, 15) is 9.50 Å². The minimum absolute atomic E-state index is 0.0523. The highest BCUT2D eigenvalue weighted by Crippen LogP contribution is 2.34. The van der Waals surface area contributed by atoms with Crippen LogP contribution in [0.15, 0.2) is 60.9 Å². The fourth-order valence-electron chi connectivity index (χ4n) is 4.29. The Bertz CT molecular complexity index is 976. The SMILES string of the molecule is OCC1(Cc2ccccc2F)CCCN(Cc2cnn(-c3ccccc3Cl)c2)C1. The molecule has 1 aromatic heterocycles. The Morgan fingerprint density at radius 2 is 1.93 bits per heavy atom. The van der Waals surface area contributed by atoms with Crippen molar-refractivity contribution in [2.75, 3.05) is 19.7 Å². The molecule has 0 aliphatic carbocycles. The average molecular weight is 414 g/mol. The smallest absolute Gasteiger partial charge is 0.126 e. The molecule has 1 fully saturated rings. The van der Waals surface area contributed by atoms with Gasteiger partial charge in [0.1, 0.15) is 5.82 Å². The summed E-state index contributed by atoms with van der Waals surface area (Å²) in [5.74, 6) is -0.196. The molecular weight excluding hydrogens is 389 g/mol. The second-order valence-corrected chi connectivity index (χ2v) is 8.39. The van der Waals surface area contributed by atoms with Crippen molar-refractivity contribution in [1.29, 1.82) is 0 Å². The molecule has 2 aromatic carbocycles. The summed E-state index contributed by atoms with van der Waals surface area (Å²) in [7, 11) is 0. The summed E-state index contributed by atoms with van der Waals surface area (Å²) in [5, 5.41) is 15.3. The lowest BCUT2D eigenvalue weighted by atomic mass is 9.75. The van der Waals surface area contributed by atoms with Gasteiger partial charge >= 0.3 is 0 Å². The molecule has 0 amide bonds. The molecule has 29 heavy (non-hydrogen) atoms. The molecule has 4 rings (SSSR count). The van der Waals surface area contributed by atoms with Crippen LogP contribution < -0.4 is 0 Å². The summed E-state index contributed by atoms with van der Waals surface area (Å²) in [6.07, 6.45) is 6.27. The van der Waals surface area contributed by atoms with Crippen molar-refractivity contribution in [3.8, 4) is 5.69 Å². The minimum atomic E-state index is -0.320. The molecule has 2 heterocycles. The average Bonchev–Trinajstić information content (AvgIpc) is 3.18. The van der Waals surface area contributed by atoms with E-state index in [1.807, 2.05) is 48.8 Å². The molecule has 1 atom stereocenters. The number of aromatic nitrogens is 2. The number of rotatable bonds is 6. The van der Waals surface area contributed by atoms with Gasteiger partial charge in [-0.1, -0.05) is 41.9 Å². The second-order valence-electron chi connectivity index (χ2n) is 7.99. The predicted octanol–water partition coefficient (Wildman–Crippen LogP) is 4.48. The first kappa shape index (κ1) is 20.1. The summed E-state index contributed by atoms with van der Waals surface area (Å²) in [6.45, 7) is 2.48. The van der Waals surface area contributed by atoms with Crippen molar-refractivity contribution in [3.05, 3.63) is 82.9 Å². The fourth-order valence-corrected chi connectivity index (χ4v) is 4.51. The Hall–Kier alpha value is -2.21. The zero-order valence-corrected chi connectivity index (χ0v) is 17.0. The van der Waals surface area contributed by atoms with Gasteiger partial charge in [-0.25, -0.2) is 9.07 Å². The van der Waals surface area contributed by atoms with Crippen molar-refractivity contribution in [2.45, 2.75) is 25.8 Å². The van der Waals surface area contributed by atoms with E-state index < -0.39 is 0 Å². The Morgan fingerprint density at radius 3 is 2.72 bits per heavy atom. The molecule has 0 bridgehead atoms. The number of nitrogens with zero attached hydrogens (tertiary/aromatic N) is 3. The van der Waals surface area contributed by atoms with Crippen molar-refractivity contribution in [1.82, 2.24) is 14.7 Å².